The van der Waals surface area contributed by atoms with E-state index in [1.807, 2.05) is 0 Å². The second-order valence-electron chi connectivity index (χ2n) is 6.66. The van der Waals surface area contributed by atoms with Crippen LogP contribution in [0.25, 0.3) is 17.1 Å². The first-order chi connectivity index (χ1) is 14.6. The number of nitrogens with one attached hydrogen (secondary N) is 1. The lowest BCUT2D eigenvalue weighted by Gasteiger charge is -2.12. The smallest absolute Gasteiger partial charge is 0.361 e. The molecule has 4 rings (SSSR count). The third-order valence-electron chi connectivity index (χ3n) is 4.43. The number of aromatic nitrogens is 5. The lowest BCUT2D eigenvalue weighted by Crippen LogP contribution is -2.15. The van der Waals surface area contributed by atoms with Crippen molar-refractivity contribution in [1.82, 2.24) is 25.1 Å². The standard InChI is InChI=1S/C19H15F3N6O3/c1-9-15(10(2)30-26-9)17(29)25-12-4-6-13(7-5-12)28-16(19(20,21)22)14(8-23-28)18-24-11(3)27-31-18/h4-8H,1-3H3,(H,25,29). The van der Waals surface area contributed by atoms with Gasteiger partial charge in [-0.05, 0) is 45.0 Å². The van der Waals surface area contributed by atoms with Gasteiger partial charge in [-0.25, -0.2) is 4.68 Å². The maximum Gasteiger partial charge on any atom is 0.434 e. The molecule has 0 radical (unpaired) electrons. The molecule has 31 heavy (non-hydrogen) atoms. The highest BCUT2D eigenvalue weighted by atomic mass is 19.4. The van der Waals surface area contributed by atoms with Gasteiger partial charge in [-0.3, -0.25) is 4.79 Å². The van der Waals surface area contributed by atoms with Crippen molar-refractivity contribution in [3.05, 3.63) is 59.0 Å². The third kappa shape index (κ3) is 3.79. The van der Waals surface area contributed by atoms with Crippen LogP contribution in [0.3, 0.4) is 0 Å². The van der Waals surface area contributed by atoms with Crippen LogP contribution in [-0.4, -0.2) is 31.0 Å². The Morgan fingerprint density at radius 2 is 1.77 bits per heavy atom. The van der Waals surface area contributed by atoms with Crippen LogP contribution in [0.5, 0.6) is 0 Å². The summed E-state index contributed by atoms with van der Waals surface area (Å²) in [6.07, 6.45) is -3.71. The van der Waals surface area contributed by atoms with E-state index in [9.17, 15) is 18.0 Å². The van der Waals surface area contributed by atoms with Gasteiger partial charge in [0, 0.05) is 5.69 Å². The molecule has 3 aromatic heterocycles. The van der Waals surface area contributed by atoms with Gasteiger partial charge < -0.3 is 14.4 Å². The van der Waals surface area contributed by atoms with E-state index in [2.05, 4.69) is 25.7 Å². The highest BCUT2D eigenvalue weighted by Crippen LogP contribution is 2.38. The molecule has 9 nitrogen and oxygen atoms in total. The summed E-state index contributed by atoms with van der Waals surface area (Å²) >= 11 is 0. The summed E-state index contributed by atoms with van der Waals surface area (Å²) in [5, 5.41) is 13.8. The van der Waals surface area contributed by atoms with Gasteiger partial charge in [0.25, 0.3) is 11.8 Å². The molecule has 0 aliphatic rings. The molecule has 0 unspecified atom stereocenters. The number of halogens is 3. The molecule has 0 atom stereocenters. The first kappa shape index (κ1) is 20.3. The van der Waals surface area contributed by atoms with Gasteiger partial charge in [-0.15, -0.1) is 0 Å². The Labute approximate surface area is 172 Å². The van der Waals surface area contributed by atoms with Crippen LogP contribution in [0.2, 0.25) is 0 Å². The van der Waals surface area contributed by atoms with E-state index in [1.165, 1.54) is 31.2 Å². The van der Waals surface area contributed by atoms with Crippen molar-refractivity contribution in [3.63, 3.8) is 0 Å². The molecule has 0 bridgehead atoms. The van der Waals surface area contributed by atoms with Gasteiger partial charge in [-0.2, -0.15) is 23.3 Å². The molecule has 4 aromatic rings. The largest absolute Gasteiger partial charge is 0.434 e. The molecular formula is C19H15F3N6O3. The number of alkyl halides is 3. The number of nitrogens with zero attached hydrogens (tertiary/aromatic N) is 5. The maximum absolute atomic E-state index is 13.8. The second-order valence-corrected chi connectivity index (χ2v) is 6.66. The Morgan fingerprint density at radius 1 is 1.06 bits per heavy atom. The van der Waals surface area contributed by atoms with Crippen molar-refractivity contribution >= 4 is 11.6 Å². The Hall–Kier alpha value is -3.96. The number of rotatable bonds is 4. The number of carbonyl (C=O) groups is 1. The SMILES string of the molecule is Cc1noc(-c2cnn(-c3ccc(NC(=O)c4c(C)noc4C)cc3)c2C(F)(F)F)n1. The molecule has 0 fully saturated rings. The minimum Gasteiger partial charge on any atom is -0.361 e. The van der Waals surface area contributed by atoms with Gasteiger partial charge in [0.15, 0.2) is 11.5 Å². The number of hydrogen-bond donors (Lipinski definition) is 1. The quantitative estimate of drug-likeness (QED) is 0.517. The van der Waals surface area contributed by atoms with Crippen LogP contribution in [0.15, 0.2) is 39.5 Å². The zero-order chi connectivity index (χ0) is 22.3. The van der Waals surface area contributed by atoms with Crippen LogP contribution >= 0.6 is 0 Å². The molecule has 160 valence electrons. The molecule has 0 aliphatic heterocycles. The highest BCUT2D eigenvalue weighted by molar-refractivity contribution is 6.05. The summed E-state index contributed by atoms with van der Waals surface area (Å²) in [4.78, 5) is 16.3. The molecular weight excluding hydrogens is 417 g/mol. The molecule has 12 heteroatoms. The fourth-order valence-electron chi connectivity index (χ4n) is 3.07. The summed E-state index contributed by atoms with van der Waals surface area (Å²) in [5.74, 6) is -0.149. The van der Waals surface area contributed by atoms with Crippen LogP contribution in [0, 0.1) is 20.8 Å². The molecule has 0 spiro atoms. The van der Waals surface area contributed by atoms with E-state index < -0.39 is 17.8 Å². The number of aryl methyl sites for hydroxylation is 3. The number of hydrogen-bond acceptors (Lipinski definition) is 7. The van der Waals surface area contributed by atoms with Gasteiger partial charge in [-0.1, -0.05) is 10.3 Å². The topological polar surface area (TPSA) is 112 Å². The van der Waals surface area contributed by atoms with Crippen LogP contribution in [-0.2, 0) is 6.18 Å². The van der Waals surface area contributed by atoms with Crippen molar-refractivity contribution in [2.45, 2.75) is 26.9 Å². The van der Waals surface area contributed by atoms with E-state index in [0.29, 0.717) is 22.7 Å². The van der Waals surface area contributed by atoms with Crippen molar-refractivity contribution in [3.8, 4) is 17.1 Å². The summed E-state index contributed by atoms with van der Waals surface area (Å²) in [7, 11) is 0. The fraction of sp³-hybridized carbons (Fsp3) is 0.211. The Bertz CT molecular complexity index is 1230. The minimum absolute atomic E-state index is 0.130. The van der Waals surface area contributed by atoms with Gasteiger partial charge >= 0.3 is 6.18 Å². The van der Waals surface area contributed by atoms with Crippen LogP contribution in [0.4, 0.5) is 18.9 Å². The summed E-state index contributed by atoms with van der Waals surface area (Å²) < 4.78 is 51.9. The van der Waals surface area contributed by atoms with Crippen LogP contribution in [0.1, 0.15) is 33.3 Å². The average Bonchev–Trinajstić information content (AvgIpc) is 3.40. The average molecular weight is 432 g/mol. The first-order valence-corrected chi connectivity index (χ1v) is 8.95. The lowest BCUT2D eigenvalue weighted by atomic mass is 10.2. The summed E-state index contributed by atoms with van der Waals surface area (Å²) in [6, 6.07) is 5.72. The number of benzene rings is 1. The van der Waals surface area contributed by atoms with E-state index in [0.717, 1.165) is 10.9 Å². The monoisotopic (exact) mass is 432 g/mol. The molecule has 1 N–H and O–H groups in total. The Kier molecular flexibility index (Phi) is 4.84. The van der Waals surface area contributed by atoms with Crippen molar-refractivity contribution in [2.24, 2.45) is 0 Å². The molecule has 0 saturated heterocycles. The zero-order valence-corrected chi connectivity index (χ0v) is 16.5. The number of carbonyl (C=O) groups excluding carboxylic acids is 1. The molecule has 0 aliphatic carbocycles. The molecule has 1 aromatic carbocycles. The van der Waals surface area contributed by atoms with E-state index >= 15 is 0 Å². The highest BCUT2D eigenvalue weighted by Gasteiger charge is 2.40. The van der Waals surface area contributed by atoms with E-state index in [-0.39, 0.29) is 23.0 Å². The Balaban J connectivity index is 1.65. The van der Waals surface area contributed by atoms with Crippen molar-refractivity contribution < 1.29 is 27.0 Å². The van der Waals surface area contributed by atoms with Gasteiger partial charge in [0.2, 0.25) is 0 Å². The van der Waals surface area contributed by atoms with Crippen molar-refractivity contribution in [2.75, 3.05) is 5.32 Å². The lowest BCUT2D eigenvalue weighted by molar-refractivity contribution is -0.142. The third-order valence-corrected chi connectivity index (χ3v) is 4.43. The number of anilines is 1. The van der Waals surface area contributed by atoms with Gasteiger partial charge in [0.1, 0.15) is 11.3 Å². The second kappa shape index (κ2) is 7.38. The maximum atomic E-state index is 13.8. The Morgan fingerprint density at radius 3 is 2.32 bits per heavy atom. The normalized spacial score (nSPS) is 11.7. The molecule has 0 saturated carbocycles. The van der Waals surface area contributed by atoms with Gasteiger partial charge in [0.05, 0.1) is 23.1 Å². The molecule has 1 amide bonds. The minimum atomic E-state index is -4.73. The van der Waals surface area contributed by atoms with Crippen molar-refractivity contribution in [1.29, 1.82) is 0 Å². The van der Waals surface area contributed by atoms with E-state index in [1.54, 1.807) is 13.8 Å². The molecule has 3 heterocycles. The predicted octanol–water partition coefficient (Wildman–Crippen LogP) is 4.11. The van der Waals surface area contributed by atoms with E-state index in [4.69, 9.17) is 9.05 Å². The van der Waals surface area contributed by atoms with Crippen LogP contribution < -0.4 is 5.32 Å². The summed E-state index contributed by atoms with van der Waals surface area (Å²) in [6.45, 7) is 4.74. The zero-order valence-electron chi connectivity index (χ0n) is 16.5. The predicted molar refractivity (Wildman–Crippen MR) is 101 cm³/mol. The first-order valence-electron chi connectivity index (χ1n) is 8.95. The fourth-order valence-corrected chi connectivity index (χ4v) is 3.07. The number of amides is 1. The summed E-state index contributed by atoms with van der Waals surface area (Å²) in [5.41, 5.74) is -0.142.